The third kappa shape index (κ3) is 3.85. The number of furan rings is 1. The monoisotopic (exact) mass is 653 g/mol. The molecular formula is C47H31N3O. The first-order chi connectivity index (χ1) is 25.1. The first kappa shape index (κ1) is 28.3. The Bertz CT molecular complexity index is 3040. The van der Waals surface area contributed by atoms with Crippen LogP contribution >= 0.6 is 0 Å². The van der Waals surface area contributed by atoms with E-state index in [1.165, 1.54) is 38.5 Å². The predicted octanol–water partition coefficient (Wildman–Crippen LogP) is 12.3. The van der Waals surface area contributed by atoms with Crippen LogP contribution in [0.15, 0.2) is 156 Å². The fourth-order valence-corrected chi connectivity index (χ4v) is 8.72. The minimum absolute atomic E-state index is 0.123. The van der Waals surface area contributed by atoms with E-state index < -0.39 is 0 Å². The van der Waals surface area contributed by atoms with Crippen molar-refractivity contribution >= 4 is 54.6 Å². The van der Waals surface area contributed by atoms with Gasteiger partial charge in [-0.15, -0.1) is 0 Å². The van der Waals surface area contributed by atoms with Crippen LogP contribution < -0.4 is 0 Å². The lowest BCUT2D eigenvalue weighted by molar-refractivity contribution is 0.661. The molecule has 4 nitrogen and oxygen atoms in total. The predicted molar refractivity (Wildman–Crippen MR) is 210 cm³/mol. The molecule has 0 atom stereocenters. The third-order valence-electron chi connectivity index (χ3n) is 11.0. The first-order valence-corrected chi connectivity index (χ1v) is 17.5. The van der Waals surface area contributed by atoms with Crippen molar-refractivity contribution in [1.29, 1.82) is 0 Å². The van der Waals surface area contributed by atoms with E-state index in [1.54, 1.807) is 0 Å². The second-order valence-electron chi connectivity index (χ2n) is 14.1. The Morgan fingerprint density at radius 2 is 1.25 bits per heavy atom. The van der Waals surface area contributed by atoms with Crippen molar-refractivity contribution in [2.24, 2.45) is 0 Å². The lowest BCUT2D eigenvalue weighted by Gasteiger charge is -2.21. The number of fused-ring (bicyclic) bond motifs is 12. The molecule has 7 aromatic carbocycles. The SMILES string of the molecule is CC1(C)c2ccccc2-c2c1ccc1nc(-c3cccc4c3oc3ccc5c(c6ccccc6n5-c5ccccc5)c34)nc(-c3ccccc3)c21. The molecule has 0 saturated carbocycles. The van der Waals surface area contributed by atoms with Crippen molar-refractivity contribution in [3.8, 4) is 39.5 Å². The highest BCUT2D eigenvalue weighted by molar-refractivity contribution is 6.28. The molecule has 0 unspecified atom stereocenters. The second kappa shape index (κ2) is 10.3. The lowest BCUT2D eigenvalue weighted by atomic mass is 9.82. The fourth-order valence-electron chi connectivity index (χ4n) is 8.72. The average molecular weight is 654 g/mol. The maximum Gasteiger partial charge on any atom is 0.164 e. The summed E-state index contributed by atoms with van der Waals surface area (Å²) in [7, 11) is 0. The summed E-state index contributed by atoms with van der Waals surface area (Å²) >= 11 is 0. The van der Waals surface area contributed by atoms with Crippen LogP contribution in [-0.2, 0) is 5.41 Å². The van der Waals surface area contributed by atoms with Gasteiger partial charge in [-0.25, -0.2) is 9.97 Å². The van der Waals surface area contributed by atoms with E-state index in [0.29, 0.717) is 5.82 Å². The maximum absolute atomic E-state index is 6.83. The Labute approximate surface area is 294 Å². The number of hydrogen-bond acceptors (Lipinski definition) is 3. The van der Waals surface area contributed by atoms with Gasteiger partial charge in [0, 0.05) is 43.6 Å². The van der Waals surface area contributed by atoms with Gasteiger partial charge in [-0.05, 0) is 64.7 Å². The Hall–Kier alpha value is -6.52. The summed E-state index contributed by atoms with van der Waals surface area (Å²) in [6, 6.07) is 53.7. The molecule has 3 heterocycles. The van der Waals surface area contributed by atoms with E-state index >= 15 is 0 Å². The summed E-state index contributed by atoms with van der Waals surface area (Å²) in [5.41, 5.74) is 13.9. The highest BCUT2D eigenvalue weighted by Gasteiger charge is 2.37. The van der Waals surface area contributed by atoms with E-state index in [9.17, 15) is 0 Å². The summed E-state index contributed by atoms with van der Waals surface area (Å²) in [6.07, 6.45) is 0. The zero-order chi connectivity index (χ0) is 33.8. The third-order valence-corrected chi connectivity index (χ3v) is 11.0. The standard InChI is InChI=1S/C47H31N3O/c1-47(2)34-22-11-9-18-30(34)40-35(47)24-25-36-43(40)44(28-14-5-3-6-15-28)49-46(48-36)33-21-13-20-32-42-39(51-45(32)33)27-26-38-41(42)31-19-10-12-23-37(31)50(38)29-16-7-4-8-17-29/h3-27H,1-2H3. The van der Waals surface area contributed by atoms with E-state index in [2.05, 4.69) is 170 Å². The van der Waals surface area contributed by atoms with E-state index in [-0.39, 0.29) is 5.41 Å². The fraction of sp³-hybridized carbons (Fsp3) is 0.0638. The second-order valence-corrected chi connectivity index (χ2v) is 14.1. The summed E-state index contributed by atoms with van der Waals surface area (Å²) in [4.78, 5) is 10.8. The van der Waals surface area contributed by atoms with Gasteiger partial charge < -0.3 is 8.98 Å². The van der Waals surface area contributed by atoms with Crippen LogP contribution in [-0.4, -0.2) is 14.5 Å². The van der Waals surface area contributed by atoms with E-state index in [1.807, 2.05) is 0 Å². The zero-order valence-electron chi connectivity index (χ0n) is 28.2. The first-order valence-electron chi connectivity index (χ1n) is 17.5. The van der Waals surface area contributed by atoms with E-state index in [4.69, 9.17) is 14.4 Å². The van der Waals surface area contributed by atoms with Crippen LogP contribution in [0.2, 0.25) is 0 Å². The molecule has 4 heteroatoms. The number of benzene rings is 7. The minimum atomic E-state index is -0.123. The van der Waals surface area contributed by atoms with Gasteiger partial charge in [0.25, 0.3) is 0 Å². The molecule has 0 spiro atoms. The quantitative estimate of drug-likeness (QED) is 0.191. The van der Waals surface area contributed by atoms with Crippen molar-refractivity contribution in [2.45, 2.75) is 19.3 Å². The molecule has 0 radical (unpaired) electrons. The number of rotatable bonds is 3. The summed E-state index contributed by atoms with van der Waals surface area (Å²) < 4.78 is 9.18. The molecular weight excluding hydrogens is 623 g/mol. The van der Waals surface area contributed by atoms with Crippen LogP contribution in [0.5, 0.6) is 0 Å². The molecule has 0 bridgehead atoms. The van der Waals surface area contributed by atoms with Crippen LogP contribution in [0.25, 0.3) is 94.1 Å². The normalized spacial score (nSPS) is 13.5. The highest BCUT2D eigenvalue weighted by Crippen LogP contribution is 2.53. The number of para-hydroxylation sites is 3. The van der Waals surface area contributed by atoms with Gasteiger partial charge in [-0.3, -0.25) is 0 Å². The molecule has 51 heavy (non-hydrogen) atoms. The number of aromatic nitrogens is 3. The molecule has 0 saturated heterocycles. The summed E-state index contributed by atoms with van der Waals surface area (Å²) in [5, 5.41) is 5.63. The molecule has 0 fully saturated rings. The average Bonchev–Trinajstić information content (AvgIpc) is 3.80. The molecule has 0 N–H and O–H groups in total. The molecule has 0 amide bonds. The van der Waals surface area contributed by atoms with Crippen LogP contribution in [0.3, 0.4) is 0 Å². The van der Waals surface area contributed by atoms with Crippen LogP contribution in [0.4, 0.5) is 0 Å². The Morgan fingerprint density at radius 3 is 2.12 bits per heavy atom. The molecule has 1 aliphatic carbocycles. The van der Waals surface area contributed by atoms with Gasteiger partial charge in [0.1, 0.15) is 11.2 Å². The zero-order valence-corrected chi connectivity index (χ0v) is 28.2. The topological polar surface area (TPSA) is 43.9 Å². The van der Waals surface area contributed by atoms with Gasteiger partial charge in [-0.2, -0.15) is 0 Å². The minimum Gasteiger partial charge on any atom is -0.455 e. The molecule has 10 aromatic rings. The molecule has 0 aliphatic heterocycles. The maximum atomic E-state index is 6.83. The molecule has 3 aromatic heterocycles. The number of nitrogens with zero attached hydrogens (tertiary/aromatic N) is 3. The van der Waals surface area contributed by atoms with Crippen molar-refractivity contribution in [2.75, 3.05) is 0 Å². The van der Waals surface area contributed by atoms with Gasteiger partial charge >= 0.3 is 0 Å². The Kier molecular flexibility index (Phi) is 5.70. The van der Waals surface area contributed by atoms with Gasteiger partial charge in [-0.1, -0.05) is 123 Å². The largest absolute Gasteiger partial charge is 0.455 e. The molecule has 240 valence electrons. The van der Waals surface area contributed by atoms with Gasteiger partial charge in [0.15, 0.2) is 5.82 Å². The van der Waals surface area contributed by atoms with Crippen molar-refractivity contribution in [3.05, 3.63) is 163 Å². The van der Waals surface area contributed by atoms with Gasteiger partial charge in [0.05, 0.1) is 27.8 Å². The van der Waals surface area contributed by atoms with Crippen LogP contribution in [0.1, 0.15) is 25.0 Å². The van der Waals surface area contributed by atoms with Crippen molar-refractivity contribution in [3.63, 3.8) is 0 Å². The summed E-state index contributed by atoms with van der Waals surface area (Å²) in [5.74, 6) is 0.652. The Balaban J connectivity index is 1.21. The van der Waals surface area contributed by atoms with Crippen molar-refractivity contribution < 1.29 is 4.42 Å². The highest BCUT2D eigenvalue weighted by atomic mass is 16.3. The van der Waals surface area contributed by atoms with Crippen LogP contribution in [0, 0.1) is 0 Å². The number of hydrogen-bond donors (Lipinski definition) is 0. The summed E-state index contributed by atoms with van der Waals surface area (Å²) in [6.45, 7) is 4.63. The van der Waals surface area contributed by atoms with Gasteiger partial charge in [0.2, 0.25) is 0 Å². The smallest absolute Gasteiger partial charge is 0.164 e. The van der Waals surface area contributed by atoms with E-state index in [0.717, 1.165) is 60.9 Å². The molecule has 1 aliphatic rings. The molecule has 11 rings (SSSR count). The lowest BCUT2D eigenvalue weighted by Crippen LogP contribution is -2.14. The van der Waals surface area contributed by atoms with Crippen molar-refractivity contribution in [1.82, 2.24) is 14.5 Å². The Morgan fingerprint density at radius 1 is 0.529 bits per heavy atom.